The fraction of sp³-hybridized carbons (Fsp3) is 0.923. The molecule has 0 fully saturated rings. The molecular formula is C13H28N2O. The van der Waals surface area contributed by atoms with Gasteiger partial charge in [0, 0.05) is 12.6 Å². The number of hydrogen-bond donors (Lipinski definition) is 2. The Morgan fingerprint density at radius 2 is 1.88 bits per heavy atom. The van der Waals surface area contributed by atoms with Crippen LogP contribution >= 0.6 is 0 Å². The van der Waals surface area contributed by atoms with Gasteiger partial charge in [0.1, 0.15) is 0 Å². The average Bonchev–Trinajstić information content (AvgIpc) is 2.26. The molecule has 0 aliphatic rings. The number of nitrogens with two attached hydrogens (primary N) is 1. The van der Waals surface area contributed by atoms with Crippen molar-refractivity contribution in [3.05, 3.63) is 0 Å². The van der Waals surface area contributed by atoms with E-state index < -0.39 is 5.41 Å². The molecule has 0 spiro atoms. The van der Waals surface area contributed by atoms with Crippen molar-refractivity contribution in [2.75, 3.05) is 6.54 Å². The summed E-state index contributed by atoms with van der Waals surface area (Å²) in [6.45, 7) is 8.51. The third-order valence-corrected chi connectivity index (χ3v) is 3.00. The Hall–Kier alpha value is -0.570. The van der Waals surface area contributed by atoms with E-state index in [9.17, 15) is 4.79 Å². The smallest absolute Gasteiger partial charge is 0.227 e. The highest BCUT2D eigenvalue weighted by molar-refractivity contribution is 5.82. The third kappa shape index (κ3) is 5.50. The SMILES string of the molecule is CCCCC(CCC)NC(=O)C(C)(C)CN. The van der Waals surface area contributed by atoms with Crippen LogP contribution in [0.5, 0.6) is 0 Å². The second-order valence-electron chi connectivity index (χ2n) is 5.19. The lowest BCUT2D eigenvalue weighted by Gasteiger charge is -2.26. The number of carbonyl (C=O) groups excluding carboxylic acids is 1. The number of unbranched alkanes of at least 4 members (excludes halogenated alkanes) is 1. The van der Waals surface area contributed by atoms with E-state index in [1.165, 1.54) is 12.8 Å². The summed E-state index contributed by atoms with van der Waals surface area (Å²) < 4.78 is 0. The minimum absolute atomic E-state index is 0.0875. The molecule has 0 radical (unpaired) electrons. The lowest BCUT2D eigenvalue weighted by molar-refractivity contribution is -0.129. The van der Waals surface area contributed by atoms with Crippen molar-refractivity contribution < 1.29 is 4.79 Å². The molecule has 0 aliphatic heterocycles. The number of carbonyl (C=O) groups is 1. The Morgan fingerprint density at radius 3 is 2.31 bits per heavy atom. The molecule has 1 unspecified atom stereocenters. The predicted octanol–water partition coefficient (Wildman–Crippen LogP) is 2.45. The van der Waals surface area contributed by atoms with Crippen molar-refractivity contribution >= 4 is 5.91 Å². The molecule has 3 N–H and O–H groups in total. The summed E-state index contributed by atoms with van der Waals surface area (Å²) in [4.78, 5) is 12.0. The fourth-order valence-electron chi connectivity index (χ4n) is 1.56. The Bertz CT molecular complexity index is 202. The van der Waals surface area contributed by atoms with E-state index >= 15 is 0 Å². The molecule has 0 aromatic carbocycles. The molecule has 0 aromatic rings. The second kappa shape index (κ2) is 7.66. The van der Waals surface area contributed by atoms with Gasteiger partial charge in [-0.2, -0.15) is 0 Å². The van der Waals surface area contributed by atoms with Gasteiger partial charge in [0.25, 0.3) is 0 Å². The average molecular weight is 228 g/mol. The van der Waals surface area contributed by atoms with E-state index in [1.807, 2.05) is 13.8 Å². The van der Waals surface area contributed by atoms with Crippen LogP contribution in [-0.4, -0.2) is 18.5 Å². The van der Waals surface area contributed by atoms with Crippen molar-refractivity contribution in [2.45, 2.75) is 65.8 Å². The van der Waals surface area contributed by atoms with Crippen LogP contribution in [0.15, 0.2) is 0 Å². The fourth-order valence-corrected chi connectivity index (χ4v) is 1.56. The van der Waals surface area contributed by atoms with Gasteiger partial charge in [-0.1, -0.05) is 33.1 Å². The first-order chi connectivity index (χ1) is 7.47. The quantitative estimate of drug-likeness (QED) is 0.670. The Labute approximate surface area is 100 Å². The molecule has 1 atom stereocenters. The zero-order valence-corrected chi connectivity index (χ0v) is 11.3. The minimum Gasteiger partial charge on any atom is -0.353 e. The first kappa shape index (κ1) is 15.4. The maximum absolute atomic E-state index is 12.0. The van der Waals surface area contributed by atoms with E-state index in [4.69, 9.17) is 5.73 Å². The summed E-state index contributed by atoms with van der Waals surface area (Å²) in [5.74, 6) is 0.0875. The van der Waals surface area contributed by atoms with E-state index in [1.54, 1.807) is 0 Å². The zero-order chi connectivity index (χ0) is 12.6. The third-order valence-electron chi connectivity index (χ3n) is 3.00. The van der Waals surface area contributed by atoms with Crippen LogP contribution < -0.4 is 11.1 Å². The number of hydrogen-bond acceptors (Lipinski definition) is 2. The molecule has 0 rings (SSSR count). The monoisotopic (exact) mass is 228 g/mol. The van der Waals surface area contributed by atoms with Crippen LogP contribution in [0.2, 0.25) is 0 Å². The molecule has 16 heavy (non-hydrogen) atoms. The molecule has 0 aromatic heterocycles. The van der Waals surface area contributed by atoms with Crippen LogP contribution in [0, 0.1) is 5.41 Å². The van der Waals surface area contributed by atoms with Crippen molar-refractivity contribution in [1.82, 2.24) is 5.32 Å². The molecule has 0 bridgehead atoms. The predicted molar refractivity (Wildman–Crippen MR) is 69.2 cm³/mol. The Morgan fingerprint density at radius 1 is 1.25 bits per heavy atom. The summed E-state index contributed by atoms with van der Waals surface area (Å²) in [5.41, 5.74) is 5.15. The number of nitrogens with one attached hydrogen (secondary N) is 1. The summed E-state index contributed by atoms with van der Waals surface area (Å²) >= 11 is 0. The molecule has 3 nitrogen and oxygen atoms in total. The van der Waals surface area contributed by atoms with Crippen LogP contribution in [0.25, 0.3) is 0 Å². The van der Waals surface area contributed by atoms with Crippen LogP contribution in [0.1, 0.15) is 59.8 Å². The largest absolute Gasteiger partial charge is 0.353 e. The van der Waals surface area contributed by atoms with E-state index in [2.05, 4.69) is 19.2 Å². The van der Waals surface area contributed by atoms with Gasteiger partial charge in [-0.15, -0.1) is 0 Å². The van der Waals surface area contributed by atoms with Crippen LogP contribution in [-0.2, 0) is 4.79 Å². The van der Waals surface area contributed by atoms with Crippen molar-refractivity contribution in [3.63, 3.8) is 0 Å². The maximum atomic E-state index is 12.0. The van der Waals surface area contributed by atoms with Gasteiger partial charge >= 0.3 is 0 Å². The highest BCUT2D eigenvalue weighted by atomic mass is 16.2. The standard InChI is InChI=1S/C13H28N2O/c1-5-7-9-11(8-6-2)15-12(16)13(3,4)10-14/h11H,5-10,14H2,1-4H3,(H,15,16). The highest BCUT2D eigenvalue weighted by Gasteiger charge is 2.27. The Balaban J connectivity index is 4.21. The molecule has 0 saturated carbocycles. The topological polar surface area (TPSA) is 55.1 Å². The highest BCUT2D eigenvalue weighted by Crippen LogP contribution is 2.15. The van der Waals surface area contributed by atoms with Crippen molar-refractivity contribution in [2.24, 2.45) is 11.1 Å². The van der Waals surface area contributed by atoms with Crippen molar-refractivity contribution in [1.29, 1.82) is 0 Å². The van der Waals surface area contributed by atoms with Gasteiger partial charge < -0.3 is 11.1 Å². The van der Waals surface area contributed by atoms with Crippen LogP contribution in [0.3, 0.4) is 0 Å². The lowest BCUT2D eigenvalue weighted by atomic mass is 9.91. The van der Waals surface area contributed by atoms with Crippen LogP contribution in [0.4, 0.5) is 0 Å². The van der Waals surface area contributed by atoms with Gasteiger partial charge in [-0.3, -0.25) is 4.79 Å². The molecule has 0 heterocycles. The molecule has 3 heteroatoms. The molecule has 0 saturated heterocycles. The minimum atomic E-state index is -0.446. The summed E-state index contributed by atoms with van der Waals surface area (Å²) in [7, 11) is 0. The Kier molecular flexibility index (Phi) is 7.39. The van der Waals surface area contributed by atoms with Gasteiger partial charge in [-0.25, -0.2) is 0 Å². The first-order valence-corrected chi connectivity index (χ1v) is 6.49. The lowest BCUT2D eigenvalue weighted by Crippen LogP contribution is -2.46. The normalized spacial score (nSPS) is 13.6. The summed E-state index contributed by atoms with van der Waals surface area (Å²) in [6.07, 6.45) is 5.60. The van der Waals surface area contributed by atoms with E-state index in [-0.39, 0.29) is 5.91 Å². The number of amides is 1. The van der Waals surface area contributed by atoms with Crippen molar-refractivity contribution in [3.8, 4) is 0 Å². The molecular weight excluding hydrogens is 200 g/mol. The first-order valence-electron chi connectivity index (χ1n) is 6.49. The number of rotatable bonds is 8. The molecule has 96 valence electrons. The maximum Gasteiger partial charge on any atom is 0.227 e. The molecule has 0 aliphatic carbocycles. The second-order valence-corrected chi connectivity index (χ2v) is 5.19. The van der Waals surface area contributed by atoms with Gasteiger partial charge in [0.2, 0.25) is 5.91 Å². The molecule has 1 amide bonds. The van der Waals surface area contributed by atoms with Gasteiger partial charge in [-0.05, 0) is 26.7 Å². The zero-order valence-electron chi connectivity index (χ0n) is 11.3. The van der Waals surface area contributed by atoms with E-state index in [0.29, 0.717) is 12.6 Å². The summed E-state index contributed by atoms with van der Waals surface area (Å²) in [5, 5.41) is 3.12. The van der Waals surface area contributed by atoms with Gasteiger partial charge in [0.05, 0.1) is 5.41 Å². The van der Waals surface area contributed by atoms with E-state index in [0.717, 1.165) is 19.3 Å². The van der Waals surface area contributed by atoms with Gasteiger partial charge in [0.15, 0.2) is 0 Å². The summed E-state index contributed by atoms with van der Waals surface area (Å²) in [6, 6.07) is 0.322.